The standard InChI is InChI=1S/C31H32N2O10S3.2K/c1-22(34)32(23-12-7-6-8-13-23)17-10-5-4-9-14-29-31(2,3)30-26-20-24(46(39,40)41)21-28(44-43-42-35)25(26)15-16-27(30)33(29)18-11-19-45(36,37)38;;/h4-10,12-17,20-21H,11,18-19H2,1-3H3,(H2-,35,36,37,38,39,40,41);;/q;2*+1/p-2. The van der Waals surface area contributed by atoms with E-state index in [4.69, 9.17) is 0 Å². The molecule has 48 heavy (non-hydrogen) atoms. The summed E-state index contributed by atoms with van der Waals surface area (Å²) in [6.07, 6.45) is 10.4. The van der Waals surface area contributed by atoms with Gasteiger partial charge in [0, 0.05) is 53.6 Å². The Bertz CT molecular complexity index is 1980. The molecule has 1 heterocycles. The fraction of sp³-hybridized carbons (Fsp3) is 0.226. The maximum absolute atomic E-state index is 12.1. The zero-order chi connectivity index (χ0) is 33.7. The molecule has 12 nitrogen and oxygen atoms in total. The Kier molecular flexibility index (Phi) is 17.2. The first-order chi connectivity index (χ1) is 21.6. The molecule has 1 aliphatic rings. The van der Waals surface area contributed by atoms with Gasteiger partial charge in [0.25, 0.3) is 0 Å². The van der Waals surface area contributed by atoms with Crippen LogP contribution >= 0.6 is 12.0 Å². The molecule has 0 unspecified atom stereocenters. The van der Waals surface area contributed by atoms with Crippen LogP contribution in [0.25, 0.3) is 10.8 Å². The second-order valence-electron chi connectivity index (χ2n) is 10.7. The number of hydrogen-bond donors (Lipinski definition) is 0. The fourth-order valence-corrected chi connectivity index (χ4v) is 7.04. The van der Waals surface area contributed by atoms with Gasteiger partial charge in [-0.25, -0.2) is 16.8 Å². The number of rotatable bonds is 13. The molecule has 0 saturated carbocycles. The Morgan fingerprint density at radius 2 is 1.62 bits per heavy atom. The fourth-order valence-electron chi connectivity index (χ4n) is 5.42. The molecule has 0 radical (unpaired) electrons. The number of anilines is 1. The molecule has 0 bridgehead atoms. The molecule has 4 rings (SSSR count). The van der Waals surface area contributed by atoms with Crippen molar-refractivity contribution in [1.29, 1.82) is 0 Å². The molecule has 0 aliphatic carbocycles. The van der Waals surface area contributed by atoms with Gasteiger partial charge in [0.15, 0.2) is 5.71 Å². The molecule has 3 aromatic carbocycles. The molecule has 1 aliphatic heterocycles. The average Bonchev–Trinajstić information content (AvgIpc) is 3.20. The smallest absolute Gasteiger partial charge is 0.748 e. The maximum Gasteiger partial charge on any atom is 1.00 e. The third kappa shape index (κ3) is 11.1. The first kappa shape index (κ1) is 43.8. The molecule has 0 aromatic heterocycles. The molecule has 0 fully saturated rings. The van der Waals surface area contributed by atoms with Crippen LogP contribution in [0.5, 0.6) is 0 Å². The van der Waals surface area contributed by atoms with Crippen molar-refractivity contribution in [3.63, 3.8) is 0 Å². The SMILES string of the molecule is CC(=O)N(/C=C/C=C/C=C/C1=[N+](CCCS(=O)(=O)[O-])c2ccc3c(SOO[O-])cc(S(=O)(=O)[O-])cc3c2C1(C)C)c1ccccc1.[K+].[K+]. The molecule has 3 aromatic rings. The van der Waals surface area contributed by atoms with Gasteiger partial charge >= 0.3 is 103 Å². The normalized spacial score (nSPS) is 14.5. The molecule has 0 N–H and O–H groups in total. The summed E-state index contributed by atoms with van der Waals surface area (Å²) in [7, 11) is -9.40. The van der Waals surface area contributed by atoms with Crippen molar-refractivity contribution in [2.45, 2.75) is 42.4 Å². The quantitative estimate of drug-likeness (QED) is 0.0357. The van der Waals surface area contributed by atoms with Crippen molar-refractivity contribution >= 4 is 66.0 Å². The Balaban J connectivity index is 0.00000400. The van der Waals surface area contributed by atoms with Crippen molar-refractivity contribution in [3.8, 4) is 0 Å². The number of hydrogen-bond acceptors (Lipinski definition) is 11. The Morgan fingerprint density at radius 3 is 2.23 bits per heavy atom. The van der Waals surface area contributed by atoms with E-state index >= 15 is 0 Å². The van der Waals surface area contributed by atoms with Crippen LogP contribution in [0, 0.1) is 0 Å². The van der Waals surface area contributed by atoms with Gasteiger partial charge in [-0.2, -0.15) is 8.91 Å². The van der Waals surface area contributed by atoms with E-state index in [1.165, 1.54) is 17.9 Å². The molecular weight excluding hydrogens is 735 g/mol. The zero-order valence-electron chi connectivity index (χ0n) is 27.0. The Hall–Kier alpha value is -0.397. The van der Waals surface area contributed by atoms with Crippen molar-refractivity contribution in [2.24, 2.45) is 0 Å². The van der Waals surface area contributed by atoms with Crippen LogP contribution < -0.4 is 113 Å². The summed E-state index contributed by atoms with van der Waals surface area (Å²) in [5, 5.41) is 14.8. The van der Waals surface area contributed by atoms with Crippen molar-refractivity contribution < 1.29 is 153 Å². The average molecular weight is 765 g/mol. The van der Waals surface area contributed by atoms with Crippen LogP contribution in [0.3, 0.4) is 0 Å². The van der Waals surface area contributed by atoms with Gasteiger partial charge in [-0.3, -0.25) is 14.7 Å². The van der Waals surface area contributed by atoms with Crippen LogP contribution in [0.1, 0.15) is 32.8 Å². The predicted molar refractivity (Wildman–Crippen MR) is 169 cm³/mol. The van der Waals surface area contributed by atoms with E-state index in [9.17, 15) is 36.0 Å². The minimum Gasteiger partial charge on any atom is -0.748 e. The van der Waals surface area contributed by atoms with Gasteiger partial charge in [-0.05, 0) is 61.0 Å². The van der Waals surface area contributed by atoms with Crippen LogP contribution in [0.4, 0.5) is 11.4 Å². The summed E-state index contributed by atoms with van der Waals surface area (Å²) in [5.41, 5.74) is 1.83. The van der Waals surface area contributed by atoms with E-state index in [0.717, 1.165) is 6.07 Å². The minimum atomic E-state index is -4.92. The van der Waals surface area contributed by atoms with E-state index < -0.39 is 36.3 Å². The second kappa shape index (κ2) is 18.9. The summed E-state index contributed by atoms with van der Waals surface area (Å²) >= 11 is 0.454. The summed E-state index contributed by atoms with van der Waals surface area (Å²) < 4.78 is 76.6. The van der Waals surface area contributed by atoms with Crippen LogP contribution in [0.2, 0.25) is 0 Å². The van der Waals surface area contributed by atoms with E-state index in [1.807, 2.05) is 48.8 Å². The Labute approximate surface area is 369 Å². The number of benzene rings is 3. The van der Waals surface area contributed by atoms with E-state index in [-0.39, 0.29) is 127 Å². The minimum absolute atomic E-state index is 0. The largest absolute Gasteiger partial charge is 1.00 e. The topological polar surface area (TPSA) is 179 Å². The molecule has 0 spiro atoms. The van der Waals surface area contributed by atoms with E-state index in [2.05, 4.69) is 9.37 Å². The molecule has 0 saturated heterocycles. The van der Waals surface area contributed by atoms with Gasteiger partial charge < -0.3 is 14.4 Å². The van der Waals surface area contributed by atoms with Crippen LogP contribution in [-0.2, 0) is 39.8 Å². The molecule has 1 amide bonds. The monoisotopic (exact) mass is 764 g/mol. The summed E-state index contributed by atoms with van der Waals surface area (Å²) in [6, 6.07) is 14.9. The van der Waals surface area contributed by atoms with Crippen molar-refractivity contribution in [1.82, 2.24) is 0 Å². The number of carbonyl (C=O) groups is 1. The van der Waals surface area contributed by atoms with Crippen molar-refractivity contribution in [3.05, 3.63) is 96.7 Å². The van der Waals surface area contributed by atoms with E-state index in [0.29, 0.717) is 45.5 Å². The summed E-state index contributed by atoms with van der Waals surface area (Å²) in [4.78, 5) is 13.2. The van der Waals surface area contributed by atoms with Gasteiger partial charge in [0.1, 0.15) is 16.7 Å². The number of fused-ring (bicyclic) bond motifs is 3. The van der Waals surface area contributed by atoms with Crippen LogP contribution in [-0.4, -0.2) is 54.4 Å². The third-order valence-corrected chi connectivity index (χ3v) is 9.55. The molecular formula is C31H30K2N2O10S3. The first-order valence-electron chi connectivity index (χ1n) is 13.8. The second-order valence-corrected chi connectivity index (χ2v) is 14.4. The number of amides is 1. The molecule has 17 heteroatoms. The van der Waals surface area contributed by atoms with Gasteiger partial charge in [-0.15, -0.1) is 0 Å². The van der Waals surface area contributed by atoms with E-state index in [1.54, 1.807) is 48.7 Å². The van der Waals surface area contributed by atoms with Crippen LogP contribution in [0.15, 0.2) is 101 Å². The number of nitrogens with zero attached hydrogens (tertiary/aromatic N) is 2. The number of para-hydroxylation sites is 1. The summed E-state index contributed by atoms with van der Waals surface area (Å²) in [5.74, 6) is -0.758. The van der Waals surface area contributed by atoms with Crippen molar-refractivity contribution in [2.75, 3.05) is 17.2 Å². The van der Waals surface area contributed by atoms with Gasteiger partial charge in [0.05, 0.1) is 32.5 Å². The molecule has 244 valence electrons. The third-order valence-electron chi connectivity index (χ3n) is 7.31. The number of allylic oxidation sites excluding steroid dienone is 5. The van der Waals surface area contributed by atoms with Gasteiger partial charge in [-0.1, -0.05) is 36.4 Å². The van der Waals surface area contributed by atoms with Gasteiger partial charge in [0.2, 0.25) is 11.6 Å². The summed E-state index contributed by atoms with van der Waals surface area (Å²) in [6.45, 7) is 5.36. The molecule has 0 atom stereocenters. The Morgan fingerprint density at radius 1 is 0.958 bits per heavy atom. The maximum atomic E-state index is 12.1. The predicted octanol–water partition coefficient (Wildman–Crippen LogP) is -2.03. The number of carbonyl (C=O) groups excluding carboxylic acids is 1. The first-order valence-corrected chi connectivity index (χ1v) is 17.5. The zero-order valence-corrected chi connectivity index (χ0v) is 35.7.